The summed E-state index contributed by atoms with van der Waals surface area (Å²) in [6, 6.07) is 18.0. The molecular weight excluding hydrogens is 366 g/mol. The molecule has 2 heterocycles. The number of benzene rings is 2. The summed E-state index contributed by atoms with van der Waals surface area (Å²) in [5.74, 6) is 0.302. The van der Waals surface area contributed by atoms with Crippen LogP contribution in [0.5, 0.6) is 5.75 Å². The Morgan fingerprint density at radius 2 is 1.86 bits per heavy atom. The van der Waals surface area contributed by atoms with Gasteiger partial charge < -0.3 is 14.6 Å². The molecule has 0 bridgehead atoms. The van der Waals surface area contributed by atoms with Crippen LogP contribution in [0.1, 0.15) is 10.4 Å². The molecule has 4 aromatic rings. The number of hydrogen-bond acceptors (Lipinski definition) is 4. The lowest BCUT2D eigenvalue weighted by molar-refractivity contribution is 0.102. The van der Waals surface area contributed by atoms with E-state index in [0.717, 1.165) is 16.5 Å². The second-order valence-corrected chi connectivity index (χ2v) is 6.56. The number of amides is 1. The van der Waals surface area contributed by atoms with Gasteiger partial charge in [-0.05, 0) is 35.9 Å². The van der Waals surface area contributed by atoms with Crippen LogP contribution in [0.4, 0.5) is 5.69 Å². The third-order valence-electron chi connectivity index (χ3n) is 4.83. The quantitative estimate of drug-likeness (QED) is 0.579. The first kappa shape index (κ1) is 18.4. The first-order valence-corrected chi connectivity index (χ1v) is 9.07. The van der Waals surface area contributed by atoms with E-state index in [0.29, 0.717) is 16.9 Å². The average Bonchev–Trinajstić information content (AvgIpc) is 2.78. The summed E-state index contributed by atoms with van der Waals surface area (Å²) >= 11 is 0. The molecule has 1 amide bonds. The zero-order valence-electron chi connectivity index (χ0n) is 16.0. The molecule has 0 fully saturated rings. The van der Waals surface area contributed by atoms with E-state index in [9.17, 15) is 9.59 Å². The van der Waals surface area contributed by atoms with Gasteiger partial charge in [-0.15, -0.1) is 0 Å². The summed E-state index contributed by atoms with van der Waals surface area (Å²) in [4.78, 5) is 30.2. The number of carbonyl (C=O) groups excluding carboxylic acids is 1. The number of aryl methyl sites for hydroxylation is 1. The van der Waals surface area contributed by atoms with Crippen LogP contribution in [0.15, 0.2) is 77.9 Å². The Balaban J connectivity index is 1.98. The van der Waals surface area contributed by atoms with Crippen LogP contribution >= 0.6 is 0 Å². The largest absolute Gasteiger partial charge is 0.497 e. The third-order valence-corrected chi connectivity index (χ3v) is 4.83. The SMILES string of the molecule is COc1cccc(-c2c(NC(=O)c3ccccc3)c(=O)n(C)c3ccncc23)c1. The van der Waals surface area contributed by atoms with Crippen molar-refractivity contribution < 1.29 is 9.53 Å². The van der Waals surface area contributed by atoms with Crippen molar-refractivity contribution in [3.05, 3.63) is 89.0 Å². The number of aromatic nitrogens is 2. The maximum absolute atomic E-state index is 13.2. The van der Waals surface area contributed by atoms with Crippen molar-refractivity contribution in [1.82, 2.24) is 9.55 Å². The number of methoxy groups -OCH3 is 1. The van der Waals surface area contributed by atoms with Gasteiger partial charge in [0.05, 0.1) is 12.6 Å². The molecule has 2 aromatic heterocycles. The summed E-state index contributed by atoms with van der Waals surface area (Å²) in [6.07, 6.45) is 3.33. The summed E-state index contributed by atoms with van der Waals surface area (Å²) in [7, 11) is 3.26. The highest BCUT2D eigenvalue weighted by atomic mass is 16.5. The van der Waals surface area contributed by atoms with Gasteiger partial charge in [0.1, 0.15) is 11.4 Å². The fourth-order valence-corrected chi connectivity index (χ4v) is 3.36. The number of hydrogen-bond donors (Lipinski definition) is 1. The molecule has 0 radical (unpaired) electrons. The van der Waals surface area contributed by atoms with Crippen LogP contribution in [0.3, 0.4) is 0 Å². The molecule has 0 saturated heterocycles. The van der Waals surface area contributed by atoms with Gasteiger partial charge in [-0.3, -0.25) is 14.6 Å². The van der Waals surface area contributed by atoms with E-state index < -0.39 is 0 Å². The van der Waals surface area contributed by atoms with Crippen LogP contribution in [-0.4, -0.2) is 22.6 Å². The van der Waals surface area contributed by atoms with Gasteiger partial charge in [-0.25, -0.2) is 0 Å². The van der Waals surface area contributed by atoms with E-state index in [2.05, 4.69) is 10.3 Å². The molecule has 0 aliphatic carbocycles. The molecule has 0 aliphatic rings. The topological polar surface area (TPSA) is 73.2 Å². The van der Waals surface area contributed by atoms with Gasteiger partial charge in [0, 0.05) is 36.0 Å². The number of ether oxygens (including phenoxy) is 1. The van der Waals surface area contributed by atoms with Crippen LogP contribution in [0.2, 0.25) is 0 Å². The Hall–Kier alpha value is -3.93. The second kappa shape index (κ2) is 7.59. The van der Waals surface area contributed by atoms with E-state index in [-0.39, 0.29) is 17.2 Å². The Morgan fingerprint density at radius 1 is 1.07 bits per heavy atom. The second-order valence-electron chi connectivity index (χ2n) is 6.56. The van der Waals surface area contributed by atoms with Gasteiger partial charge in [0.25, 0.3) is 11.5 Å². The monoisotopic (exact) mass is 385 g/mol. The van der Waals surface area contributed by atoms with Crippen molar-refractivity contribution in [3.8, 4) is 16.9 Å². The predicted octanol–water partition coefficient (Wildman–Crippen LogP) is 3.86. The maximum Gasteiger partial charge on any atom is 0.275 e. The van der Waals surface area contributed by atoms with Crippen LogP contribution in [0, 0.1) is 0 Å². The van der Waals surface area contributed by atoms with Gasteiger partial charge in [0.2, 0.25) is 0 Å². The zero-order chi connectivity index (χ0) is 20.4. The van der Waals surface area contributed by atoms with E-state index in [1.807, 2.05) is 30.3 Å². The highest BCUT2D eigenvalue weighted by Gasteiger charge is 2.20. The first-order valence-electron chi connectivity index (χ1n) is 9.07. The zero-order valence-corrected chi connectivity index (χ0v) is 16.0. The molecule has 144 valence electrons. The molecule has 0 saturated carbocycles. The fraction of sp³-hybridized carbons (Fsp3) is 0.0870. The number of fused-ring (bicyclic) bond motifs is 1. The fourth-order valence-electron chi connectivity index (χ4n) is 3.36. The van der Waals surface area contributed by atoms with Gasteiger partial charge in [-0.2, -0.15) is 0 Å². The number of nitrogens with zero attached hydrogens (tertiary/aromatic N) is 2. The van der Waals surface area contributed by atoms with Crippen molar-refractivity contribution in [1.29, 1.82) is 0 Å². The van der Waals surface area contributed by atoms with Gasteiger partial charge in [-0.1, -0.05) is 30.3 Å². The smallest absolute Gasteiger partial charge is 0.275 e. The Bertz CT molecular complexity index is 1260. The minimum absolute atomic E-state index is 0.204. The lowest BCUT2D eigenvalue weighted by Crippen LogP contribution is -2.25. The molecule has 4 rings (SSSR count). The molecular formula is C23H19N3O3. The van der Waals surface area contributed by atoms with E-state index in [1.54, 1.807) is 56.9 Å². The standard InChI is InChI=1S/C23H19N3O3/c1-26-19-11-12-24-14-18(19)20(16-9-6-10-17(13-16)29-2)21(23(26)28)25-22(27)15-7-4-3-5-8-15/h3-14H,1-2H3,(H,25,27). The normalized spacial score (nSPS) is 10.7. The molecule has 0 atom stereocenters. The van der Waals surface area contributed by atoms with Crippen molar-refractivity contribution in [2.24, 2.45) is 7.05 Å². The lowest BCUT2D eigenvalue weighted by atomic mass is 9.99. The number of anilines is 1. The lowest BCUT2D eigenvalue weighted by Gasteiger charge is -2.17. The van der Waals surface area contributed by atoms with Crippen molar-refractivity contribution in [3.63, 3.8) is 0 Å². The summed E-state index contributed by atoms with van der Waals surface area (Å²) in [6.45, 7) is 0. The van der Waals surface area contributed by atoms with E-state index >= 15 is 0 Å². The molecule has 1 N–H and O–H groups in total. The molecule has 6 heteroatoms. The molecule has 0 aliphatic heterocycles. The summed E-state index contributed by atoms with van der Waals surface area (Å²) in [5, 5.41) is 3.58. The Labute approximate surface area is 167 Å². The minimum atomic E-state index is -0.352. The van der Waals surface area contributed by atoms with E-state index in [1.165, 1.54) is 4.57 Å². The molecule has 0 spiro atoms. The average molecular weight is 385 g/mol. The van der Waals surface area contributed by atoms with E-state index in [4.69, 9.17) is 4.74 Å². The molecule has 6 nitrogen and oxygen atoms in total. The minimum Gasteiger partial charge on any atom is -0.497 e. The summed E-state index contributed by atoms with van der Waals surface area (Å²) in [5.41, 5.74) is 2.46. The highest BCUT2D eigenvalue weighted by molar-refractivity contribution is 6.10. The van der Waals surface area contributed by atoms with Crippen LogP contribution < -0.4 is 15.6 Å². The van der Waals surface area contributed by atoms with Gasteiger partial charge >= 0.3 is 0 Å². The Morgan fingerprint density at radius 3 is 2.62 bits per heavy atom. The number of rotatable bonds is 4. The van der Waals surface area contributed by atoms with Crippen molar-refractivity contribution in [2.45, 2.75) is 0 Å². The predicted molar refractivity (Wildman–Crippen MR) is 113 cm³/mol. The maximum atomic E-state index is 13.2. The summed E-state index contributed by atoms with van der Waals surface area (Å²) < 4.78 is 6.86. The third kappa shape index (κ3) is 3.36. The highest BCUT2D eigenvalue weighted by Crippen LogP contribution is 2.34. The molecule has 29 heavy (non-hydrogen) atoms. The number of carbonyl (C=O) groups is 1. The Kier molecular flexibility index (Phi) is 4.83. The van der Waals surface area contributed by atoms with Crippen LogP contribution in [0.25, 0.3) is 22.0 Å². The van der Waals surface area contributed by atoms with Gasteiger partial charge in [0.15, 0.2) is 0 Å². The van der Waals surface area contributed by atoms with Crippen molar-refractivity contribution in [2.75, 3.05) is 12.4 Å². The van der Waals surface area contributed by atoms with Crippen molar-refractivity contribution >= 4 is 22.5 Å². The number of nitrogens with one attached hydrogen (secondary N) is 1. The first-order chi connectivity index (χ1) is 14.1. The molecule has 0 unspecified atom stereocenters. The number of pyridine rings is 2. The molecule has 2 aromatic carbocycles. The van der Waals surface area contributed by atoms with Crippen LogP contribution in [-0.2, 0) is 7.05 Å².